The molecule has 0 spiro atoms. The lowest BCUT2D eigenvalue weighted by Gasteiger charge is -2.37. The third kappa shape index (κ3) is 1.71. The molecular formula is C12H10BrClO2. The number of fused-ring (bicyclic) bond motifs is 1. The number of methoxy groups -OCH3 is 1. The molecule has 1 aromatic carbocycles. The quantitative estimate of drug-likeness (QED) is 0.638. The van der Waals surface area contributed by atoms with Gasteiger partial charge in [-0.15, -0.1) is 11.6 Å². The first-order valence-electron chi connectivity index (χ1n) is 4.76. The molecule has 1 aliphatic rings. The van der Waals surface area contributed by atoms with Crippen molar-refractivity contribution in [3.63, 3.8) is 0 Å². The highest BCUT2D eigenvalue weighted by Gasteiger charge is 2.43. The summed E-state index contributed by atoms with van der Waals surface area (Å²) in [4.78, 5) is 0. The van der Waals surface area contributed by atoms with E-state index in [1.54, 1.807) is 7.11 Å². The van der Waals surface area contributed by atoms with Gasteiger partial charge in [-0.05, 0) is 17.7 Å². The highest BCUT2D eigenvalue weighted by Crippen LogP contribution is 2.47. The van der Waals surface area contributed by atoms with Gasteiger partial charge in [-0.2, -0.15) is 0 Å². The van der Waals surface area contributed by atoms with Gasteiger partial charge >= 0.3 is 0 Å². The second kappa shape index (κ2) is 4.29. The van der Waals surface area contributed by atoms with Gasteiger partial charge in [0.25, 0.3) is 0 Å². The van der Waals surface area contributed by atoms with Gasteiger partial charge in [0.15, 0.2) is 5.60 Å². The third-order valence-electron chi connectivity index (χ3n) is 2.65. The Morgan fingerprint density at radius 1 is 1.62 bits per heavy atom. The molecule has 0 saturated heterocycles. The van der Waals surface area contributed by atoms with Crippen LogP contribution in [0.15, 0.2) is 16.6 Å². The van der Waals surface area contributed by atoms with E-state index >= 15 is 0 Å². The van der Waals surface area contributed by atoms with Crippen molar-refractivity contribution in [1.82, 2.24) is 0 Å². The van der Waals surface area contributed by atoms with E-state index in [1.165, 1.54) is 0 Å². The van der Waals surface area contributed by atoms with E-state index in [2.05, 4.69) is 27.8 Å². The molecule has 1 unspecified atom stereocenters. The summed E-state index contributed by atoms with van der Waals surface area (Å²) in [5, 5.41) is 10.3. The molecule has 1 aliphatic carbocycles. The van der Waals surface area contributed by atoms with E-state index in [0.29, 0.717) is 12.2 Å². The van der Waals surface area contributed by atoms with E-state index in [9.17, 15) is 5.11 Å². The second-order valence-electron chi connectivity index (χ2n) is 3.58. The number of halogens is 2. The van der Waals surface area contributed by atoms with Crippen molar-refractivity contribution in [2.75, 3.05) is 13.0 Å². The van der Waals surface area contributed by atoms with Crippen LogP contribution < -0.4 is 4.74 Å². The predicted molar refractivity (Wildman–Crippen MR) is 66.8 cm³/mol. The van der Waals surface area contributed by atoms with Gasteiger partial charge in [0.1, 0.15) is 5.75 Å². The largest absolute Gasteiger partial charge is 0.496 e. The Labute approximate surface area is 108 Å². The summed E-state index contributed by atoms with van der Waals surface area (Å²) in [6, 6.07) is 3.72. The summed E-state index contributed by atoms with van der Waals surface area (Å²) in [5.74, 6) is 6.35. The average Bonchev–Trinajstić information content (AvgIpc) is 2.27. The zero-order chi connectivity index (χ0) is 11.8. The normalized spacial score (nSPS) is 21.5. The number of benzene rings is 1. The zero-order valence-corrected chi connectivity index (χ0v) is 11.0. The molecule has 4 heteroatoms. The third-order valence-corrected chi connectivity index (χ3v) is 3.52. The maximum atomic E-state index is 10.3. The summed E-state index contributed by atoms with van der Waals surface area (Å²) in [6.45, 7) is 0. The van der Waals surface area contributed by atoms with E-state index in [0.717, 1.165) is 15.6 Å². The minimum atomic E-state index is -1.11. The molecule has 0 radical (unpaired) electrons. The van der Waals surface area contributed by atoms with Crippen molar-refractivity contribution in [3.05, 3.63) is 27.7 Å². The first-order chi connectivity index (χ1) is 7.62. The molecule has 16 heavy (non-hydrogen) atoms. The summed E-state index contributed by atoms with van der Waals surface area (Å²) in [5.41, 5.74) is 0.687. The minimum Gasteiger partial charge on any atom is -0.496 e. The van der Waals surface area contributed by atoms with Gasteiger partial charge in [-0.3, -0.25) is 0 Å². The molecule has 0 heterocycles. The molecule has 0 amide bonds. The Kier molecular flexibility index (Phi) is 3.16. The topological polar surface area (TPSA) is 29.5 Å². The molecule has 1 N–H and O–H groups in total. The van der Waals surface area contributed by atoms with Gasteiger partial charge in [0, 0.05) is 16.5 Å². The highest BCUT2D eigenvalue weighted by atomic mass is 79.9. The van der Waals surface area contributed by atoms with Gasteiger partial charge in [0.2, 0.25) is 0 Å². The summed E-state index contributed by atoms with van der Waals surface area (Å²) in [7, 11) is 1.58. The van der Waals surface area contributed by atoms with Crippen LogP contribution in [0.4, 0.5) is 0 Å². The van der Waals surface area contributed by atoms with E-state index in [4.69, 9.17) is 16.3 Å². The lowest BCUT2D eigenvalue weighted by Crippen LogP contribution is -2.38. The Bertz CT molecular complexity index is 490. The molecule has 0 aromatic heterocycles. The molecule has 0 fully saturated rings. The summed E-state index contributed by atoms with van der Waals surface area (Å²) >= 11 is 8.93. The van der Waals surface area contributed by atoms with Crippen molar-refractivity contribution in [2.45, 2.75) is 12.0 Å². The van der Waals surface area contributed by atoms with Gasteiger partial charge in [-0.25, -0.2) is 0 Å². The SMILES string of the molecule is COc1ccc(Br)c2c1C(O)(C#CCCl)C2. The number of hydrogen-bond donors (Lipinski definition) is 1. The Balaban J connectivity index is 2.50. The van der Waals surface area contributed by atoms with Crippen molar-refractivity contribution in [2.24, 2.45) is 0 Å². The Morgan fingerprint density at radius 3 is 3.00 bits per heavy atom. The van der Waals surface area contributed by atoms with Crippen molar-refractivity contribution in [3.8, 4) is 17.6 Å². The molecular weight excluding hydrogens is 291 g/mol. The van der Waals surface area contributed by atoms with Crippen molar-refractivity contribution < 1.29 is 9.84 Å². The predicted octanol–water partition coefficient (Wildman–Crippen LogP) is 2.44. The zero-order valence-electron chi connectivity index (χ0n) is 8.68. The van der Waals surface area contributed by atoms with Crippen LogP contribution in [0, 0.1) is 11.8 Å². The summed E-state index contributed by atoms with van der Waals surface area (Å²) < 4.78 is 6.20. The lowest BCUT2D eigenvalue weighted by atomic mass is 9.73. The van der Waals surface area contributed by atoms with Gasteiger partial charge in [0.05, 0.1) is 13.0 Å². The Hall–Kier alpha value is -0.690. The molecule has 2 rings (SSSR count). The first-order valence-corrected chi connectivity index (χ1v) is 6.09. The van der Waals surface area contributed by atoms with Crippen LogP contribution in [0.3, 0.4) is 0 Å². The van der Waals surface area contributed by atoms with E-state index < -0.39 is 5.60 Å². The maximum Gasteiger partial charge on any atom is 0.158 e. The van der Waals surface area contributed by atoms with Crippen LogP contribution in [0.1, 0.15) is 11.1 Å². The summed E-state index contributed by atoms with van der Waals surface area (Å²) in [6.07, 6.45) is 0.504. The Morgan fingerprint density at radius 2 is 2.38 bits per heavy atom. The highest BCUT2D eigenvalue weighted by molar-refractivity contribution is 9.10. The number of alkyl halides is 1. The van der Waals surface area contributed by atoms with E-state index in [1.807, 2.05) is 12.1 Å². The number of ether oxygens (including phenoxy) is 1. The molecule has 1 aromatic rings. The molecule has 1 atom stereocenters. The number of aliphatic hydroxyl groups is 1. The van der Waals surface area contributed by atoms with E-state index in [-0.39, 0.29) is 5.88 Å². The van der Waals surface area contributed by atoms with Crippen molar-refractivity contribution >= 4 is 27.5 Å². The average molecular weight is 302 g/mol. The fourth-order valence-corrected chi connectivity index (χ4v) is 2.46. The van der Waals surface area contributed by atoms with Crippen molar-refractivity contribution in [1.29, 1.82) is 0 Å². The van der Waals surface area contributed by atoms with Crippen LogP contribution in [0.2, 0.25) is 0 Å². The van der Waals surface area contributed by atoms with Crippen LogP contribution in [0.25, 0.3) is 0 Å². The lowest BCUT2D eigenvalue weighted by molar-refractivity contribution is 0.0714. The fourth-order valence-electron chi connectivity index (χ4n) is 1.92. The molecule has 84 valence electrons. The maximum absolute atomic E-state index is 10.3. The second-order valence-corrected chi connectivity index (χ2v) is 4.70. The monoisotopic (exact) mass is 300 g/mol. The number of rotatable bonds is 1. The minimum absolute atomic E-state index is 0.216. The number of hydrogen-bond acceptors (Lipinski definition) is 2. The molecule has 2 nitrogen and oxygen atoms in total. The van der Waals surface area contributed by atoms with Crippen LogP contribution in [0.5, 0.6) is 5.75 Å². The van der Waals surface area contributed by atoms with Gasteiger partial charge in [-0.1, -0.05) is 27.8 Å². The first kappa shape index (κ1) is 11.8. The van der Waals surface area contributed by atoms with Crippen LogP contribution in [-0.4, -0.2) is 18.1 Å². The fraction of sp³-hybridized carbons (Fsp3) is 0.333. The smallest absolute Gasteiger partial charge is 0.158 e. The standard InChI is InChI=1S/C12H10BrClO2/c1-16-10-4-3-9(13)8-7-12(15,11(8)10)5-2-6-14/h3-4,15H,6-7H2,1H3. The molecule has 0 bridgehead atoms. The van der Waals surface area contributed by atoms with Gasteiger partial charge < -0.3 is 9.84 Å². The van der Waals surface area contributed by atoms with Crippen LogP contribution in [-0.2, 0) is 12.0 Å². The van der Waals surface area contributed by atoms with Crippen LogP contribution >= 0.6 is 27.5 Å². The molecule has 0 saturated carbocycles. The molecule has 0 aliphatic heterocycles.